The number of nitrogens with one attached hydrogen (secondary N) is 1. The Morgan fingerprint density at radius 2 is 1.79 bits per heavy atom. The summed E-state index contributed by atoms with van der Waals surface area (Å²) in [5.41, 5.74) is 0. The van der Waals surface area contributed by atoms with Crippen LogP contribution in [-0.2, 0) is 0 Å². The molecule has 0 aliphatic carbocycles. The van der Waals surface area contributed by atoms with Crippen LogP contribution in [0.2, 0.25) is 0 Å². The fourth-order valence-corrected chi connectivity index (χ4v) is 2.64. The standard InChI is InChI=1S/C11H22N2O/c14-11-2-1-8-13(9-5-11)10-3-6-12-7-4-10/h10-12,14H,1-9H2. The zero-order chi connectivity index (χ0) is 9.80. The first kappa shape index (κ1) is 10.4. The van der Waals surface area contributed by atoms with E-state index in [1.807, 2.05) is 0 Å². The fourth-order valence-electron chi connectivity index (χ4n) is 2.64. The third kappa shape index (κ3) is 2.69. The normalized spacial score (nSPS) is 32.8. The van der Waals surface area contributed by atoms with E-state index in [0.29, 0.717) is 0 Å². The number of rotatable bonds is 1. The predicted octanol–water partition coefficient (Wildman–Crippen LogP) is 0.585. The molecule has 2 rings (SSSR count). The van der Waals surface area contributed by atoms with Crippen molar-refractivity contribution < 1.29 is 5.11 Å². The van der Waals surface area contributed by atoms with Crippen LogP contribution in [0.25, 0.3) is 0 Å². The third-order valence-electron chi connectivity index (χ3n) is 3.56. The Labute approximate surface area is 86.5 Å². The van der Waals surface area contributed by atoms with Gasteiger partial charge in [-0.3, -0.25) is 0 Å². The minimum Gasteiger partial charge on any atom is -0.393 e. The van der Waals surface area contributed by atoms with E-state index in [2.05, 4.69) is 10.2 Å². The summed E-state index contributed by atoms with van der Waals surface area (Å²) in [4.78, 5) is 2.59. The van der Waals surface area contributed by atoms with Crippen LogP contribution in [0.3, 0.4) is 0 Å². The highest BCUT2D eigenvalue weighted by Gasteiger charge is 2.23. The number of piperidine rings is 1. The van der Waals surface area contributed by atoms with Gasteiger partial charge in [0.1, 0.15) is 0 Å². The number of aliphatic hydroxyl groups is 1. The summed E-state index contributed by atoms with van der Waals surface area (Å²) in [5, 5.41) is 13.0. The molecule has 0 bridgehead atoms. The molecule has 0 aromatic carbocycles. The van der Waals surface area contributed by atoms with Crippen molar-refractivity contribution >= 4 is 0 Å². The average Bonchev–Trinajstić information content (AvgIpc) is 2.44. The summed E-state index contributed by atoms with van der Waals surface area (Å²) in [6.07, 6.45) is 5.68. The lowest BCUT2D eigenvalue weighted by molar-refractivity contribution is 0.138. The Morgan fingerprint density at radius 3 is 2.57 bits per heavy atom. The van der Waals surface area contributed by atoms with Crippen LogP contribution in [0, 0.1) is 0 Å². The molecule has 2 N–H and O–H groups in total. The highest BCUT2D eigenvalue weighted by Crippen LogP contribution is 2.17. The van der Waals surface area contributed by atoms with Gasteiger partial charge in [-0.15, -0.1) is 0 Å². The molecule has 1 atom stereocenters. The molecule has 2 aliphatic heterocycles. The molecule has 0 aromatic heterocycles. The largest absolute Gasteiger partial charge is 0.393 e. The van der Waals surface area contributed by atoms with Crippen molar-refractivity contribution in [2.24, 2.45) is 0 Å². The van der Waals surface area contributed by atoms with Crippen molar-refractivity contribution in [2.45, 2.75) is 44.2 Å². The zero-order valence-corrected chi connectivity index (χ0v) is 8.91. The minimum atomic E-state index is -0.0401. The highest BCUT2D eigenvalue weighted by molar-refractivity contribution is 4.80. The van der Waals surface area contributed by atoms with Crippen molar-refractivity contribution in [1.29, 1.82) is 0 Å². The van der Waals surface area contributed by atoms with E-state index < -0.39 is 0 Å². The third-order valence-corrected chi connectivity index (χ3v) is 3.56. The van der Waals surface area contributed by atoms with Gasteiger partial charge < -0.3 is 15.3 Å². The van der Waals surface area contributed by atoms with Gasteiger partial charge >= 0.3 is 0 Å². The maximum Gasteiger partial charge on any atom is 0.0553 e. The van der Waals surface area contributed by atoms with Gasteiger partial charge in [0.15, 0.2) is 0 Å². The van der Waals surface area contributed by atoms with Gasteiger partial charge in [-0.2, -0.15) is 0 Å². The predicted molar refractivity (Wildman–Crippen MR) is 57.3 cm³/mol. The molecule has 0 radical (unpaired) electrons. The van der Waals surface area contributed by atoms with E-state index in [1.54, 1.807) is 0 Å². The first-order valence-electron chi connectivity index (χ1n) is 5.99. The molecular weight excluding hydrogens is 176 g/mol. The topological polar surface area (TPSA) is 35.5 Å². The zero-order valence-electron chi connectivity index (χ0n) is 8.91. The van der Waals surface area contributed by atoms with Crippen molar-refractivity contribution in [3.63, 3.8) is 0 Å². The van der Waals surface area contributed by atoms with Crippen LogP contribution in [0.4, 0.5) is 0 Å². The van der Waals surface area contributed by atoms with Gasteiger partial charge in [0, 0.05) is 12.6 Å². The summed E-state index contributed by atoms with van der Waals surface area (Å²) in [7, 11) is 0. The number of hydrogen-bond acceptors (Lipinski definition) is 3. The molecule has 2 fully saturated rings. The fraction of sp³-hybridized carbons (Fsp3) is 1.00. The second-order valence-corrected chi connectivity index (χ2v) is 4.60. The molecule has 3 nitrogen and oxygen atoms in total. The van der Waals surface area contributed by atoms with E-state index in [0.717, 1.165) is 25.4 Å². The van der Waals surface area contributed by atoms with Crippen molar-refractivity contribution in [2.75, 3.05) is 26.2 Å². The summed E-state index contributed by atoms with van der Waals surface area (Å²) < 4.78 is 0. The average molecular weight is 198 g/mol. The Kier molecular flexibility index (Phi) is 3.79. The van der Waals surface area contributed by atoms with E-state index in [4.69, 9.17) is 0 Å². The van der Waals surface area contributed by atoms with E-state index >= 15 is 0 Å². The Bertz CT molecular complexity index is 169. The number of nitrogens with zero attached hydrogens (tertiary/aromatic N) is 1. The maximum atomic E-state index is 9.57. The smallest absolute Gasteiger partial charge is 0.0553 e. The van der Waals surface area contributed by atoms with E-state index in [-0.39, 0.29) is 6.10 Å². The second kappa shape index (κ2) is 5.10. The van der Waals surface area contributed by atoms with Crippen molar-refractivity contribution in [3.05, 3.63) is 0 Å². The Morgan fingerprint density at radius 1 is 1.00 bits per heavy atom. The Hall–Kier alpha value is -0.120. The molecule has 0 aromatic rings. The minimum absolute atomic E-state index is 0.0401. The maximum absolute atomic E-state index is 9.57. The molecule has 14 heavy (non-hydrogen) atoms. The first-order chi connectivity index (χ1) is 6.86. The van der Waals surface area contributed by atoms with Gasteiger partial charge in [-0.1, -0.05) is 0 Å². The molecule has 2 saturated heterocycles. The monoisotopic (exact) mass is 198 g/mol. The molecule has 2 aliphatic rings. The van der Waals surface area contributed by atoms with E-state index in [9.17, 15) is 5.11 Å². The molecule has 0 spiro atoms. The van der Waals surface area contributed by atoms with Gasteiger partial charge in [-0.05, 0) is 51.7 Å². The molecule has 3 heteroatoms. The van der Waals surface area contributed by atoms with Crippen LogP contribution in [0.1, 0.15) is 32.1 Å². The summed E-state index contributed by atoms with van der Waals surface area (Å²) in [6, 6.07) is 0.779. The Balaban J connectivity index is 1.83. The van der Waals surface area contributed by atoms with Crippen LogP contribution in [-0.4, -0.2) is 48.3 Å². The van der Waals surface area contributed by atoms with E-state index in [1.165, 1.54) is 38.9 Å². The lowest BCUT2D eigenvalue weighted by atomic mass is 10.0. The van der Waals surface area contributed by atoms with Gasteiger partial charge in [0.05, 0.1) is 6.10 Å². The molecule has 0 amide bonds. The number of aliphatic hydroxyl groups excluding tert-OH is 1. The molecular formula is C11H22N2O. The molecule has 82 valence electrons. The van der Waals surface area contributed by atoms with Gasteiger partial charge in [0.2, 0.25) is 0 Å². The SMILES string of the molecule is OC1CCCN(C2CCNCC2)CC1. The molecule has 1 unspecified atom stereocenters. The quantitative estimate of drug-likeness (QED) is 0.647. The van der Waals surface area contributed by atoms with Crippen LogP contribution in [0.15, 0.2) is 0 Å². The second-order valence-electron chi connectivity index (χ2n) is 4.60. The van der Waals surface area contributed by atoms with Crippen molar-refractivity contribution in [3.8, 4) is 0 Å². The summed E-state index contributed by atoms with van der Waals surface area (Å²) in [5.74, 6) is 0. The van der Waals surface area contributed by atoms with Crippen LogP contribution >= 0.6 is 0 Å². The lowest BCUT2D eigenvalue weighted by Gasteiger charge is -2.33. The van der Waals surface area contributed by atoms with Crippen molar-refractivity contribution in [1.82, 2.24) is 10.2 Å². The molecule has 0 saturated carbocycles. The van der Waals surface area contributed by atoms with Gasteiger partial charge in [-0.25, -0.2) is 0 Å². The highest BCUT2D eigenvalue weighted by atomic mass is 16.3. The number of likely N-dealkylation sites (tertiary alicyclic amines) is 1. The lowest BCUT2D eigenvalue weighted by Crippen LogP contribution is -2.43. The number of hydrogen-bond donors (Lipinski definition) is 2. The first-order valence-corrected chi connectivity index (χ1v) is 5.99. The molecule has 2 heterocycles. The summed E-state index contributed by atoms with van der Waals surface area (Å²) in [6.45, 7) is 4.64. The van der Waals surface area contributed by atoms with Crippen LogP contribution < -0.4 is 5.32 Å². The van der Waals surface area contributed by atoms with Gasteiger partial charge in [0.25, 0.3) is 0 Å². The van der Waals surface area contributed by atoms with Crippen LogP contribution in [0.5, 0.6) is 0 Å². The summed E-state index contributed by atoms with van der Waals surface area (Å²) >= 11 is 0.